The molecule has 0 aliphatic rings. The molecule has 0 saturated carbocycles. The number of anilines is 1. The Bertz CT molecular complexity index is 804. The van der Waals surface area contributed by atoms with Crippen LogP contribution in [-0.4, -0.2) is 10.8 Å². The van der Waals surface area contributed by atoms with Crippen molar-refractivity contribution in [2.45, 2.75) is 0 Å². The molecule has 0 spiro atoms. The molecule has 2 aromatic carbocycles. The maximum atomic E-state index is 12.6. The molecule has 0 atom stereocenters. The number of ketones is 1. The second-order valence-corrected chi connectivity index (χ2v) is 5.27. The number of H-pyrrole nitrogens is 1. The van der Waals surface area contributed by atoms with Gasteiger partial charge in [-0.15, -0.1) is 0 Å². The SMILES string of the molecule is Nc1cccc(Cl)c1C(=O)c1c[nH]c2ccc(Cl)cc12. The number of nitrogens with one attached hydrogen (secondary N) is 1. The molecule has 3 nitrogen and oxygen atoms in total. The van der Waals surface area contributed by atoms with Crippen LogP contribution in [0.5, 0.6) is 0 Å². The van der Waals surface area contributed by atoms with Crippen LogP contribution < -0.4 is 5.73 Å². The van der Waals surface area contributed by atoms with Gasteiger partial charge in [-0.05, 0) is 30.3 Å². The molecule has 0 unspecified atom stereocenters. The van der Waals surface area contributed by atoms with Crippen LogP contribution in [0.4, 0.5) is 5.69 Å². The van der Waals surface area contributed by atoms with Crippen LogP contribution in [0.15, 0.2) is 42.6 Å². The van der Waals surface area contributed by atoms with E-state index in [9.17, 15) is 4.79 Å². The fraction of sp³-hybridized carbons (Fsp3) is 0. The first-order valence-corrected chi connectivity index (χ1v) is 6.69. The first-order chi connectivity index (χ1) is 9.58. The predicted octanol–water partition coefficient (Wildman–Crippen LogP) is 4.29. The van der Waals surface area contributed by atoms with Crippen LogP contribution in [0.2, 0.25) is 10.0 Å². The van der Waals surface area contributed by atoms with Gasteiger partial charge in [-0.1, -0.05) is 29.3 Å². The van der Waals surface area contributed by atoms with Crippen molar-refractivity contribution in [2.75, 3.05) is 5.73 Å². The van der Waals surface area contributed by atoms with Crippen LogP contribution in [0.25, 0.3) is 10.9 Å². The summed E-state index contributed by atoms with van der Waals surface area (Å²) in [6.07, 6.45) is 1.64. The lowest BCUT2D eigenvalue weighted by Gasteiger charge is -2.06. The number of carbonyl (C=O) groups is 1. The van der Waals surface area contributed by atoms with E-state index in [1.54, 1.807) is 36.5 Å². The number of nitrogen functional groups attached to an aromatic ring is 1. The average molecular weight is 305 g/mol. The van der Waals surface area contributed by atoms with E-state index < -0.39 is 0 Å². The van der Waals surface area contributed by atoms with E-state index in [0.29, 0.717) is 26.9 Å². The van der Waals surface area contributed by atoms with Crippen LogP contribution in [0, 0.1) is 0 Å². The number of nitrogens with two attached hydrogens (primary N) is 1. The smallest absolute Gasteiger partial charge is 0.198 e. The van der Waals surface area contributed by atoms with Gasteiger partial charge in [-0.3, -0.25) is 4.79 Å². The van der Waals surface area contributed by atoms with E-state index in [0.717, 1.165) is 10.9 Å². The number of rotatable bonds is 2. The summed E-state index contributed by atoms with van der Waals surface area (Å²) in [6.45, 7) is 0. The molecule has 0 saturated heterocycles. The Balaban J connectivity index is 2.21. The lowest BCUT2D eigenvalue weighted by atomic mass is 10.0. The summed E-state index contributed by atoms with van der Waals surface area (Å²) < 4.78 is 0. The Kier molecular flexibility index (Phi) is 3.16. The second-order valence-electron chi connectivity index (χ2n) is 4.43. The minimum absolute atomic E-state index is 0.221. The van der Waals surface area contributed by atoms with Crippen LogP contribution in [0.3, 0.4) is 0 Å². The van der Waals surface area contributed by atoms with Gasteiger partial charge in [0.2, 0.25) is 0 Å². The third-order valence-corrected chi connectivity index (χ3v) is 3.71. The standard InChI is InChI=1S/C15H10Cl2N2O/c16-8-4-5-13-9(6-8)10(7-19-13)15(20)14-11(17)2-1-3-12(14)18/h1-7,19H,18H2. The van der Waals surface area contributed by atoms with Gasteiger partial charge in [0.15, 0.2) is 5.78 Å². The highest BCUT2D eigenvalue weighted by molar-refractivity contribution is 6.37. The lowest BCUT2D eigenvalue weighted by molar-refractivity contribution is 0.104. The van der Waals surface area contributed by atoms with E-state index >= 15 is 0 Å². The minimum atomic E-state index is -0.221. The number of aromatic amines is 1. The summed E-state index contributed by atoms with van der Waals surface area (Å²) in [4.78, 5) is 15.7. The Labute approximate surface area is 125 Å². The van der Waals surface area contributed by atoms with Gasteiger partial charge >= 0.3 is 0 Å². The molecule has 1 heterocycles. The van der Waals surface area contributed by atoms with E-state index in [4.69, 9.17) is 28.9 Å². The fourth-order valence-corrected chi connectivity index (χ4v) is 2.64. The summed E-state index contributed by atoms with van der Waals surface area (Å²) in [7, 11) is 0. The third kappa shape index (κ3) is 2.05. The van der Waals surface area contributed by atoms with Crippen LogP contribution >= 0.6 is 23.2 Å². The minimum Gasteiger partial charge on any atom is -0.398 e. The zero-order valence-corrected chi connectivity index (χ0v) is 11.8. The number of hydrogen-bond acceptors (Lipinski definition) is 2. The molecular weight excluding hydrogens is 295 g/mol. The first-order valence-electron chi connectivity index (χ1n) is 5.93. The Hall–Kier alpha value is -1.97. The highest BCUT2D eigenvalue weighted by Gasteiger charge is 2.19. The molecule has 0 bridgehead atoms. The predicted molar refractivity (Wildman–Crippen MR) is 82.6 cm³/mol. The molecule has 5 heteroatoms. The maximum absolute atomic E-state index is 12.6. The Morgan fingerprint density at radius 3 is 2.70 bits per heavy atom. The zero-order chi connectivity index (χ0) is 14.3. The van der Waals surface area contributed by atoms with Crippen molar-refractivity contribution >= 4 is 45.6 Å². The second kappa shape index (κ2) is 4.85. The molecule has 0 fully saturated rings. The number of aromatic nitrogens is 1. The summed E-state index contributed by atoms with van der Waals surface area (Å²) in [6, 6.07) is 10.3. The van der Waals surface area contributed by atoms with Crippen molar-refractivity contribution < 1.29 is 4.79 Å². The van der Waals surface area contributed by atoms with Gasteiger partial charge in [-0.2, -0.15) is 0 Å². The summed E-state index contributed by atoms with van der Waals surface area (Å²) >= 11 is 12.1. The van der Waals surface area contributed by atoms with Gasteiger partial charge in [0, 0.05) is 33.4 Å². The van der Waals surface area contributed by atoms with Gasteiger partial charge in [-0.25, -0.2) is 0 Å². The number of carbonyl (C=O) groups excluding carboxylic acids is 1. The van der Waals surface area contributed by atoms with Crippen molar-refractivity contribution in [3.63, 3.8) is 0 Å². The van der Waals surface area contributed by atoms with Crippen LogP contribution in [-0.2, 0) is 0 Å². The van der Waals surface area contributed by atoms with E-state index in [1.807, 2.05) is 6.07 Å². The van der Waals surface area contributed by atoms with E-state index in [-0.39, 0.29) is 5.78 Å². The molecule has 3 aromatic rings. The first kappa shape index (κ1) is 13.0. The number of halogens is 2. The van der Waals surface area contributed by atoms with Gasteiger partial charge < -0.3 is 10.7 Å². The molecule has 3 rings (SSSR count). The Morgan fingerprint density at radius 2 is 1.95 bits per heavy atom. The summed E-state index contributed by atoms with van der Waals surface area (Å²) in [5.41, 5.74) is 7.87. The molecule has 0 aliphatic heterocycles. The van der Waals surface area contributed by atoms with Crippen molar-refractivity contribution in [1.29, 1.82) is 0 Å². The highest BCUT2D eigenvalue weighted by atomic mass is 35.5. The molecule has 100 valence electrons. The van der Waals surface area contributed by atoms with Gasteiger partial charge in [0.05, 0.1) is 10.6 Å². The van der Waals surface area contributed by atoms with Crippen molar-refractivity contribution in [1.82, 2.24) is 4.98 Å². The highest BCUT2D eigenvalue weighted by Crippen LogP contribution is 2.29. The Morgan fingerprint density at radius 1 is 1.15 bits per heavy atom. The van der Waals surface area contributed by atoms with E-state index in [1.165, 1.54) is 0 Å². The van der Waals surface area contributed by atoms with E-state index in [2.05, 4.69) is 4.98 Å². The third-order valence-electron chi connectivity index (χ3n) is 3.16. The lowest BCUT2D eigenvalue weighted by Crippen LogP contribution is -2.05. The zero-order valence-electron chi connectivity index (χ0n) is 10.3. The van der Waals surface area contributed by atoms with Crippen molar-refractivity contribution in [3.8, 4) is 0 Å². The molecule has 0 amide bonds. The normalized spacial score (nSPS) is 10.9. The summed E-state index contributed by atoms with van der Waals surface area (Å²) in [5.74, 6) is -0.221. The number of hydrogen-bond donors (Lipinski definition) is 2. The fourth-order valence-electron chi connectivity index (χ4n) is 2.20. The molecule has 1 aromatic heterocycles. The molecular formula is C15H10Cl2N2O. The largest absolute Gasteiger partial charge is 0.398 e. The maximum Gasteiger partial charge on any atom is 0.198 e. The monoisotopic (exact) mass is 304 g/mol. The number of benzene rings is 2. The van der Waals surface area contributed by atoms with Crippen LogP contribution in [0.1, 0.15) is 15.9 Å². The van der Waals surface area contributed by atoms with Crippen molar-refractivity contribution in [3.05, 3.63) is 63.8 Å². The van der Waals surface area contributed by atoms with Gasteiger partial charge in [0.1, 0.15) is 0 Å². The quantitative estimate of drug-likeness (QED) is 0.548. The average Bonchev–Trinajstić information content (AvgIpc) is 2.81. The van der Waals surface area contributed by atoms with Gasteiger partial charge in [0.25, 0.3) is 0 Å². The van der Waals surface area contributed by atoms with Crippen molar-refractivity contribution in [2.24, 2.45) is 0 Å². The summed E-state index contributed by atoms with van der Waals surface area (Å²) in [5, 5.41) is 1.66. The molecule has 0 aliphatic carbocycles. The molecule has 20 heavy (non-hydrogen) atoms. The number of fused-ring (bicyclic) bond motifs is 1. The molecule has 3 N–H and O–H groups in total. The molecule has 0 radical (unpaired) electrons. The topological polar surface area (TPSA) is 58.9 Å².